The number of halogens is 2. The zero-order valence-electron chi connectivity index (χ0n) is 21.0. The maximum Gasteiger partial charge on any atom is 0.282 e. The van der Waals surface area contributed by atoms with Gasteiger partial charge in [0.2, 0.25) is 5.82 Å². The SMILES string of the molecule is O=C(COc1ccc(Br)cc1C=Nn1c(-c2cc3cc(Br)ccc3o2)nc2ccccc2c1=O)N1CCOCC1. The highest BCUT2D eigenvalue weighted by Crippen LogP contribution is 2.29. The van der Waals surface area contributed by atoms with Crippen LogP contribution in [-0.2, 0) is 9.53 Å². The smallest absolute Gasteiger partial charge is 0.282 e. The molecule has 1 amide bonds. The van der Waals surface area contributed by atoms with Gasteiger partial charge in [-0.2, -0.15) is 9.78 Å². The van der Waals surface area contributed by atoms with Gasteiger partial charge in [-0.1, -0.05) is 44.0 Å². The molecule has 0 atom stereocenters. The predicted octanol–water partition coefficient (Wildman–Crippen LogP) is 5.45. The third kappa shape index (κ3) is 5.45. The Morgan fingerprint density at radius 1 is 1.02 bits per heavy atom. The molecule has 6 rings (SSSR count). The van der Waals surface area contributed by atoms with Crippen LogP contribution in [0.25, 0.3) is 33.5 Å². The lowest BCUT2D eigenvalue weighted by atomic mass is 10.2. The Hall–Kier alpha value is -3.80. The molecule has 3 heterocycles. The summed E-state index contributed by atoms with van der Waals surface area (Å²) in [5, 5.41) is 5.82. The van der Waals surface area contributed by atoms with Gasteiger partial charge in [0.05, 0.1) is 30.3 Å². The molecular formula is C29H22Br2N4O5. The molecule has 9 nitrogen and oxygen atoms in total. The average Bonchev–Trinajstić information content (AvgIpc) is 3.39. The van der Waals surface area contributed by atoms with Crippen molar-refractivity contribution in [3.05, 3.63) is 91.6 Å². The molecule has 0 aliphatic carbocycles. The molecule has 2 aromatic heterocycles. The van der Waals surface area contributed by atoms with E-state index in [-0.39, 0.29) is 23.9 Å². The van der Waals surface area contributed by atoms with Gasteiger partial charge in [0.1, 0.15) is 11.3 Å². The van der Waals surface area contributed by atoms with Gasteiger partial charge in [-0.05, 0) is 54.6 Å². The van der Waals surface area contributed by atoms with E-state index < -0.39 is 0 Å². The van der Waals surface area contributed by atoms with Crippen LogP contribution in [0.15, 0.2) is 90.0 Å². The van der Waals surface area contributed by atoms with Crippen LogP contribution in [0.5, 0.6) is 5.75 Å². The minimum atomic E-state index is -0.349. The molecule has 202 valence electrons. The van der Waals surface area contributed by atoms with E-state index in [4.69, 9.17) is 18.9 Å². The standard InChI is InChI=1S/C29H22Br2N4O5/c30-20-6-8-25-18(13-20)15-26(40-25)28-33-23-4-2-1-3-22(23)29(37)35(28)32-16-19-14-21(31)5-7-24(19)39-17-27(36)34-9-11-38-12-10-34/h1-8,13-16H,9-12,17H2. The number of fused-ring (bicyclic) bond motifs is 2. The van der Waals surface area contributed by atoms with Crippen LogP contribution < -0.4 is 10.3 Å². The first kappa shape index (κ1) is 26.4. The van der Waals surface area contributed by atoms with Crippen molar-refractivity contribution in [1.29, 1.82) is 0 Å². The maximum atomic E-state index is 13.6. The molecule has 1 aliphatic rings. The lowest BCUT2D eigenvalue weighted by Crippen LogP contribution is -2.43. The predicted molar refractivity (Wildman–Crippen MR) is 159 cm³/mol. The molecule has 1 saturated heterocycles. The van der Waals surface area contributed by atoms with E-state index in [9.17, 15) is 9.59 Å². The number of ether oxygens (including phenoxy) is 2. The molecule has 5 aromatic rings. The number of aromatic nitrogens is 2. The maximum absolute atomic E-state index is 13.6. The molecule has 0 radical (unpaired) electrons. The Labute approximate surface area is 245 Å². The minimum absolute atomic E-state index is 0.122. The topological polar surface area (TPSA) is 99.2 Å². The molecule has 40 heavy (non-hydrogen) atoms. The highest BCUT2D eigenvalue weighted by Gasteiger charge is 2.19. The van der Waals surface area contributed by atoms with Gasteiger partial charge in [0, 0.05) is 33.0 Å². The highest BCUT2D eigenvalue weighted by molar-refractivity contribution is 9.10. The Balaban J connectivity index is 1.39. The summed E-state index contributed by atoms with van der Waals surface area (Å²) < 4.78 is 20.2. The molecule has 0 unspecified atom stereocenters. The van der Waals surface area contributed by atoms with E-state index in [0.717, 1.165) is 14.3 Å². The van der Waals surface area contributed by atoms with Crippen LogP contribution in [0.2, 0.25) is 0 Å². The molecule has 0 bridgehead atoms. The molecule has 0 saturated carbocycles. The van der Waals surface area contributed by atoms with E-state index in [0.29, 0.717) is 59.9 Å². The summed E-state index contributed by atoms with van der Waals surface area (Å²) in [5.74, 6) is 0.982. The zero-order valence-corrected chi connectivity index (χ0v) is 24.2. The van der Waals surface area contributed by atoms with Gasteiger partial charge in [-0.15, -0.1) is 0 Å². The number of carbonyl (C=O) groups is 1. The number of rotatable bonds is 6. The Morgan fingerprint density at radius 2 is 1.80 bits per heavy atom. The first-order valence-corrected chi connectivity index (χ1v) is 14.1. The summed E-state index contributed by atoms with van der Waals surface area (Å²) in [7, 11) is 0. The summed E-state index contributed by atoms with van der Waals surface area (Å²) >= 11 is 6.97. The number of amides is 1. The lowest BCUT2D eigenvalue weighted by Gasteiger charge is -2.26. The van der Waals surface area contributed by atoms with E-state index in [1.165, 1.54) is 10.9 Å². The number of nitrogens with zero attached hydrogens (tertiary/aromatic N) is 4. The molecular weight excluding hydrogens is 644 g/mol. The van der Waals surface area contributed by atoms with E-state index in [2.05, 4.69) is 37.0 Å². The third-order valence-corrected chi connectivity index (χ3v) is 7.44. The molecule has 11 heteroatoms. The molecule has 1 fully saturated rings. The normalized spacial score (nSPS) is 13.9. The fourth-order valence-corrected chi connectivity index (χ4v) is 5.19. The number of para-hydroxylation sites is 1. The minimum Gasteiger partial charge on any atom is -0.483 e. The second-order valence-electron chi connectivity index (χ2n) is 9.07. The van der Waals surface area contributed by atoms with Crippen LogP contribution >= 0.6 is 31.9 Å². The van der Waals surface area contributed by atoms with E-state index in [1.54, 1.807) is 35.2 Å². The second kappa shape index (κ2) is 11.4. The molecule has 3 aromatic carbocycles. The average molecular weight is 666 g/mol. The Kier molecular flexibility index (Phi) is 7.50. The van der Waals surface area contributed by atoms with Crippen molar-refractivity contribution >= 4 is 65.9 Å². The van der Waals surface area contributed by atoms with Crippen LogP contribution in [0.3, 0.4) is 0 Å². The number of hydrogen-bond acceptors (Lipinski definition) is 7. The fraction of sp³-hybridized carbons (Fsp3) is 0.172. The second-order valence-corrected chi connectivity index (χ2v) is 10.9. The monoisotopic (exact) mass is 664 g/mol. The summed E-state index contributed by atoms with van der Waals surface area (Å²) in [5.41, 5.74) is 1.41. The van der Waals surface area contributed by atoms with Crippen molar-refractivity contribution < 1.29 is 18.7 Å². The lowest BCUT2D eigenvalue weighted by molar-refractivity contribution is -0.137. The van der Waals surface area contributed by atoms with Crippen molar-refractivity contribution in [2.75, 3.05) is 32.9 Å². The zero-order chi connectivity index (χ0) is 27.6. The van der Waals surface area contributed by atoms with Gasteiger partial charge in [0.15, 0.2) is 12.4 Å². The van der Waals surface area contributed by atoms with E-state index in [1.807, 2.05) is 36.4 Å². The summed E-state index contributed by atoms with van der Waals surface area (Å²) in [6.45, 7) is 1.98. The summed E-state index contributed by atoms with van der Waals surface area (Å²) in [6, 6.07) is 19.9. The van der Waals surface area contributed by atoms with Crippen LogP contribution in [0.4, 0.5) is 0 Å². The van der Waals surface area contributed by atoms with Crippen molar-refractivity contribution in [2.24, 2.45) is 5.10 Å². The number of benzene rings is 3. The van der Waals surface area contributed by atoms with Crippen molar-refractivity contribution in [2.45, 2.75) is 0 Å². The van der Waals surface area contributed by atoms with Gasteiger partial charge in [-0.3, -0.25) is 9.59 Å². The number of morpholine rings is 1. The van der Waals surface area contributed by atoms with Gasteiger partial charge in [0.25, 0.3) is 11.5 Å². The Morgan fingerprint density at radius 3 is 2.65 bits per heavy atom. The summed E-state index contributed by atoms with van der Waals surface area (Å²) in [4.78, 5) is 32.7. The highest BCUT2D eigenvalue weighted by atomic mass is 79.9. The summed E-state index contributed by atoms with van der Waals surface area (Å²) in [6.07, 6.45) is 1.51. The van der Waals surface area contributed by atoms with Crippen LogP contribution in [0, 0.1) is 0 Å². The Bertz CT molecular complexity index is 1830. The van der Waals surface area contributed by atoms with Crippen LogP contribution in [-0.4, -0.2) is 59.6 Å². The van der Waals surface area contributed by atoms with Gasteiger partial charge >= 0.3 is 0 Å². The van der Waals surface area contributed by atoms with Crippen LogP contribution in [0.1, 0.15) is 5.56 Å². The first-order chi connectivity index (χ1) is 19.5. The van der Waals surface area contributed by atoms with Crippen molar-refractivity contribution in [3.63, 3.8) is 0 Å². The van der Waals surface area contributed by atoms with Crippen molar-refractivity contribution in [3.8, 4) is 17.3 Å². The molecule has 0 spiro atoms. The number of furan rings is 1. The molecule has 0 N–H and O–H groups in total. The van der Waals surface area contributed by atoms with E-state index >= 15 is 0 Å². The first-order valence-electron chi connectivity index (χ1n) is 12.5. The fourth-order valence-electron chi connectivity index (χ4n) is 4.43. The van der Waals surface area contributed by atoms with Crippen molar-refractivity contribution in [1.82, 2.24) is 14.6 Å². The number of hydrogen-bond donors (Lipinski definition) is 0. The van der Waals surface area contributed by atoms with Gasteiger partial charge in [-0.25, -0.2) is 4.98 Å². The third-order valence-electron chi connectivity index (χ3n) is 6.45. The number of carbonyl (C=O) groups excluding carboxylic acids is 1. The largest absolute Gasteiger partial charge is 0.483 e. The molecule has 1 aliphatic heterocycles. The van der Waals surface area contributed by atoms with Gasteiger partial charge < -0.3 is 18.8 Å². The quantitative estimate of drug-likeness (QED) is 0.224.